The summed E-state index contributed by atoms with van der Waals surface area (Å²) in [6.07, 6.45) is 2.78. The molecule has 0 spiro atoms. The third-order valence-corrected chi connectivity index (χ3v) is 4.93. The fourth-order valence-corrected chi connectivity index (χ4v) is 3.54. The van der Waals surface area contributed by atoms with Gasteiger partial charge in [-0.25, -0.2) is 4.79 Å². The van der Waals surface area contributed by atoms with Crippen LogP contribution in [0.15, 0.2) is 42.5 Å². The Labute approximate surface area is 168 Å². The van der Waals surface area contributed by atoms with Gasteiger partial charge in [-0.3, -0.25) is 14.9 Å². The summed E-state index contributed by atoms with van der Waals surface area (Å²) in [6.45, 7) is -0.451. The summed E-state index contributed by atoms with van der Waals surface area (Å²) in [6, 6.07) is 11.8. The molecule has 29 heavy (non-hydrogen) atoms. The van der Waals surface area contributed by atoms with E-state index in [4.69, 9.17) is 4.74 Å². The number of rotatable bonds is 6. The number of nitrogens with one attached hydrogen (secondary N) is 1. The van der Waals surface area contributed by atoms with Gasteiger partial charge in [-0.05, 0) is 36.5 Å². The summed E-state index contributed by atoms with van der Waals surface area (Å²) >= 11 is 0. The largest absolute Gasteiger partial charge is 0.452 e. The normalized spacial score (nSPS) is 15.2. The van der Waals surface area contributed by atoms with Crippen molar-refractivity contribution < 1.29 is 19.2 Å². The first-order valence-corrected chi connectivity index (χ1v) is 9.37. The number of carbonyl (C=O) groups is 2. The van der Waals surface area contributed by atoms with Crippen molar-refractivity contribution in [1.82, 2.24) is 5.32 Å². The highest BCUT2D eigenvalue weighted by Crippen LogP contribution is 2.29. The number of nitrogens with zero attached hydrogens (tertiary/aromatic N) is 2. The molecule has 0 saturated carbocycles. The van der Waals surface area contributed by atoms with Gasteiger partial charge in [-0.1, -0.05) is 24.3 Å². The van der Waals surface area contributed by atoms with E-state index in [1.165, 1.54) is 17.7 Å². The fourth-order valence-electron chi connectivity index (χ4n) is 3.54. The Morgan fingerprint density at radius 1 is 1.24 bits per heavy atom. The van der Waals surface area contributed by atoms with E-state index in [1.807, 2.05) is 18.2 Å². The molecule has 1 N–H and O–H groups in total. The highest BCUT2D eigenvalue weighted by Gasteiger charge is 2.23. The molecular weight excluding hydrogens is 374 g/mol. The minimum atomic E-state index is -0.781. The molecule has 0 aliphatic heterocycles. The smallest absolute Gasteiger partial charge is 0.341 e. The third kappa shape index (κ3) is 4.71. The molecule has 3 rings (SSSR count). The lowest BCUT2D eigenvalue weighted by atomic mass is 9.88. The monoisotopic (exact) mass is 397 g/mol. The number of nitro benzene ring substituents is 1. The number of non-ortho nitro benzene ring substituents is 1. The molecule has 0 fully saturated rings. The quantitative estimate of drug-likeness (QED) is 0.457. The number of anilines is 1. The van der Waals surface area contributed by atoms with Crippen LogP contribution in [0.4, 0.5) is 11.4 Å². The lowest BCUT2D eigenvalue weighted by molar-refractivity contribution is -0.384. The molecule has 8 heteroatoms. The van der Waals surface area contributed by atoms with Gasteiger partial charge in [-0.15, -0.1) is 0 Å². The minimum absolute atomic E-state index is 0.0417. The molecular formula is C21H23N3O5. The van der Waals surface area contributed by atoms with Crippen LogP contribution in [0.5, 0.6) is 0 Å². The second-order valence-electron chi connectivity index (χ2n) is 7.14. The summed E-state index contributed by atoms with van der Waals surface area (Å²) in [5.41, 5.74) is 2.60. The van der Waals surface area contributed by atoms with E-state index < -0.39 is 23.4 Å². The molecule has 1 aliphatic carbocycles. The van der Waals surface area contributed by atoms with Gasteiger partial charge in [0, 0.05) is 26.2 Å². The van der Waals surface area contributed by atoms with Crippen molar-refractivity contribution >= 4 is 23.3 Å². The molecule has 1 amide bonds. The number of aryl methyl sites for hydroxylation is 1. The van der Waals surface area contributed by atoms with E-state index >= 15 is 0 Å². The number of esters is 1. The Bertz CT molecular complexity index is 942. The van der Waals surface area contributed by atoms with Crippen molar-refractivity contribution in [2.45, 2.75) is 25.3 Å². The molecule has 1 aliphatic rings. The van der Waals surface area contributed by atoms with Gasteiger partial charge in [0.1, 0.15) is 0 Å². The number of carbonyl (C=O) groups excluding carboxylic acids is 2. The van der Waals surface area contributed by atoms with Crippen molar-refractivity contribution in [3.8, 4) is 0 Å². The zero-order valence-corrected chi connectivity index (χ0v) is 16.4. The van der Waals surface area contributed by atoms with Gasteiger partial charge in [0.05, 0.1) is 22.2 Å². The third-order valence-electron chi connectivity index (χ3n) is 4.93. The van der Waals surface area contributed by atoms with E-state index in [0.29, 0.717) is 5.69 Å². The van der Waals surface area contributed by atoms with Crippen LogP contribution in [-0.2, 0) is 16.0 Å². The zero-order chi connectivity index (χ0) is 21.0. The van der Waals surface area contributed by atoms with Crippen LogP contribution >= 0.6 is 0 Å². The fraction of sp³-hybridized carbons (Fsp3) is 0.333. The second-order valence-corrected chi connectivity index (χ2v) is 7.14. The van der Waals surface area contributed by atoms with Crippen LogP contribution in [-0.4, -0.2) is 37.5 Å². The van der Waals surface area contributed by atoms with Crippen LogP contribution in [0.3, 0.4) is 0 Å². The van der Waals surface area contributed by atoms with Crippen molar-refractivity contribution in [1.29, 1.82) is 0 Å². The van der Waals surface area contributed by atoms with Gasteiger partial charge in [0.2, 0.25) is 0 Å². The van der Waals surface area contributed by atoms with Crippen LogP contribution in [0.1, 0.15) is 40.4 Å². The van der Waals surface area contributed by atoms with Crippen LogP contribution < -0.4 is 10.2 Å². The predicted octanol–water partition coefficient (Wildman–Crippen LogP) is 3.01. The van der Waals surface area contributed by atoms with E-state index in [9.17, 15) is 19.7 Å². The Morgan fingerprint density at radius 2 is 2.00 bits per heavy atom. The molecule has 0 bridgehead atoms. The standard InChI is InChI=1S/C21H23N3O5/c1-23(2)19-11-10-15(24(27)28)12-17(19)21(26)29-13-20(25)22-18-9-5-7-14-6-3-4-8-16(14)18/h3-4,6,8,10-12,18H,5,7,9,13H2,1-2H3,(H,22,25)/t18-/m0/s1. The van der Waals surface area contributed by atoms with Crippen LogP contribution in [0.2, 0.25) is 0 Å². The summed E-state index contributed by atoms with van der Waals surface area (Å²) in [4.78, 5) is 36.9. The van der Waals surface area contributed by atoms with E-state index in [0.717, 1.165) is 30.9 Å². The predicted molar refractivity (Wildman–Crippen MR) is 108 cm³/mol. The number of hydrogen-bond acceptors (Lipinski definition) is 6. The number of benzene rings is 2. The molecule has 8 nitrogen and oxygen atoms in total. The SMILES string of the molecule is CN(C)c1ccc([N+](=O)[O-])cc1C(=O)OCC(=O)N[C@H]1CCCc2ccccc21. The van der Waals surface area contributed by atoms with E-state index in [-0.39, 0.29) is 17.3 Å². The number of ether oxygens (including phenoxy) is 1. The van der Waals surface area contributed by atoms with Gasteiger partial charge in [-0.2, -0.15) is 0 Å². The highest BCUT2D eigenvalue weighted by atomic mass is 16.6. The first-order valence-electron chi connectivity index (χ1n) is 9.37. The maximum Gasteiger partial charge on any atom is 0.341 e. The summed E-state index contributed by atoms with van der Waals surface area (Å²) in [5.74, 6) is -1.19. The zero-order valence-electron chi connectivity index (χ0n) is 16.4. The van der Waals surface area contributed by atoms with Crippen molar-refractivity contribution in [3.05, 3.63) is 69.3 Å². The average molecular weight is 397 g/mol. The Kier molecular flexibility index (Phi) is 6.11. The molecule has 0 aromatic heterocycles. The lowest BCUT2D eigenvalue weighted by Crippen LogP contribution is -2.34. The minimum Gasteiger partial charge on any atom is -0.452 e. The summed E-state index contributed by atoms with van der Waals surface area (Å²) in [7, 11) is 3.43. The number of hydrogen-bond donors (Lipinski definition) is 1. The van der Waals surface area contributed by atoms with Crippen molar-refractivity contribution in [2.24, 2.45) is 0 Å². The maximum absolute atomic E-state index is 12.5. The topological polar surface area (TPSA) is 102 Å². The van der Waals surface area contributed by atoms with Crippen molar-refractivity contribution in [3.63, 3.8) is 0 Å². The second kappa shape index (κ2) is 8.72. The summed E-state index contributed by atoms with van der Waals surface area (Å²) < 4.78 is 5.14. The molecule has 2 aromatic carbocycles. The van der Waals surface area contributed by atoms with Crippen LogP contribution in [0.25, 0.3) is 0 Å². The summed E-state index contributed by atoms with van der Waals surface area (Å²) in [5, 5.41) is 13.9. The number of nitro groups is 1. The average Bonchev–Trinajstić information content (AvgIpc) is 2.71. The molecule has 152 valence electrons. The number of fused-ring (bicyclic) bond motifs is 1. The molecule has 2 aromatic rings. The first kappa shape index (κ1) is 20.3. The molecule has 0 radical (unpaired) electrons. The van der Waals surface area contributed by atoms with Gasteiger partial charge in [0.15, 0.2) is 6.61 Å². The van der Waals surface area contributed by atoms with E-state index in [2.05, 4.69) is 11.4 Å². The van der Waals surface area contributed by atoms with Gasteiger partial charge in [0.25, 0.3) is 11.6 Å². The molecule has 1 atom stereocenters. The van der Waals surface area contributed by atoms with Gasteiger partial charge >= 0.3 is 5.97 Å². The highest BCUT2D eigenvalue weighted by molar-refractivity contribution is 5.97. The first-order chi connectivity index (χ1) is 13.9. The lowest BCUT2D eigenvalue weighted by Gasteiger charge is -2.26. The van der Waals surface area contributed by atoms with Crippen LogP contribution in [0, 0.1) is 10.1 Å². The number of amides is 1. The van der Waals surface area contributed by atoms with Crippen molar-refractivity contribution in [2.75, 3.05) is 25.6 Å². The maximum atomic E-state index is 12.5. The van der Waals surface area contributed by atoms with Gasteiger partial charge < -0.3 is 15.0 Å². The molecule has 0 unspecified atom stereocenters. The molecule has 0 heterocycles. The Morgan fingerprint density at radius 3 is 2.72 bits per heavy atom. The van der Waals surface area contributed by atoms with E-state index in [1.54, 1.807) is 19.0 Å². The Balaban J connectivity index is 1.66. The molecule has 0 saturated heterocycles. The Hall–Kier alpha value is -3.42.